The summed E-state index contributed by atoms with van der Waals surface area (Å²) in [6, 6.07) is 14.3. The van der Waals surface area contributed by atoms with E-state index in [0.717, 1.165) is 53.8 Å². The van der Waals surface area contributed by atoms with Crippen LogP contribution in [-0.2, 0) is 13.0 Å². The topological polar surface area (TPSA) is 91.5 Å². The van der Waals surface area contributed by atoms with Crippen molar-refractivity contribution in [2.75, 3.05) is 23.4 Å². The second kappa shape index (κ2) is 8.92. The maximum Gasteiger partial charge on any atom is 0.231 e. The Bertz CT molecular complexity index is 1190. The first-order chi connectivity index (χ1) is 15.8. The maximum atomic E-state index is 9.76. The molecule has 3 aromatic heterocycles. The molecule has 1 atom stereocenters. The lowest BCUT2D eigenvalue weighted by Crippen LogP contribution is -2.34. The summed E-state index contributed by atoms with van der Waals surface area (Å²) in [5.41, 5.74) is 5.08. The molecule has 0 bridgehead atoms. The van der Waals surface area contributed by atoms with Gasteiger partial charge in [0, 0.05) is 30.4 Å². The lowest BCUT2D eigenvalue weighted by Gasteiger charge is -2.23. The Morgan fingerprint density at radius 2 is 2.00 bits per heavy atom. The summed E-state index contributed by atoms with van der Waals surface area (Å²) in [6.07, 6.45) is 6.49. The van der Waals surface area contributed by atoms with Crippen LogP contribution in [0.3, 0.4) is 0 Å². The predicted octanol–water partition coefficient (Wildman–Crippen LogP) is 3.32. The van der Waals surface area contributed by atoms with Crippen LogP contribution in [0.2, 0.25) is 0 Å². The number of aromatic nitrogens is 5. The second-order valence-corrected chi connectivity index (χ2v) is 8.04. The summed E-state index contributed by atoms with van der Waals surface area (Å²) in [7, 11) is 0. The van der Waals surface area contributed by atoms with Crippen LogP contribution in [0, 0.1) is 0 Å². The Morgan fingerprint density at radius 1 is 1.12 bits per heavy atom. The molecule has 0 spiro atoms. The highest BCUT2D eigenvalue weighted by molar-refractivity contribution is 5.59. The molecular formula is C24H27N7O. The van der Waals surface area contributed by atoms with Crippen LogP contribution >= 0.6 is 0 Å². The molecule has 1 aliphatic rings. The molecule has 0 amide bonds. The number of nitrogens with zero attached hydrogens (tertiary/aromatic N) is 6. The van der Waals surface area contributed by atoms with Gasteiger partial charge in [0.05, 0.1) is 24.5 Å². The molecule has 5 rings (SSSR count). The standard InChI is InChI=1S/C24H27N7O/c1-2-18-15-27-31-22(18)28-24(30-13-5-6-20(30)16-32)29-23(31)26-14-17-8-10-19(11-9-17)21-7-3-4-12-25-21/h3-4,7-12,15,20,32H,2,5-6,13-14,16H2,1H3,(H,26,28,29). The number of anilines is 2. The molecule has 4 aromatic rings. The van der Waals surface area contributed by atoms with Crippen molar-refractivity contribution >= 4 is 17.5 Å². The van der Waals surface area contributed by atoms with Crippen LogP contribution < -0.4 is 10.2 Å². The Hall–Kier alpha value is -3.52. The second-order valence-electron chi connectivity index (χ2n) is 8.04. The normalized spacial score (nSPS) is 16.1. The van der Waals surface area contributed by atoms with Crippen molar-refractivity contribution in [3.05, 3.63) is 66.0 Å². The zero-order valence-corrected chi connectivity index (χ0v) is 18.1. The van der Waals surface area contributed by atoms with Crippen molar-refractivity contribution in [2.24, 2.45) is 0 Å². The fourth-order valence-electron chi connectivity index (χ4n) is 4.20. The smallest absolute Gasteiger partial charge is 0.231 e. The predicted molar refractivity (Wildman–Crippen MR) is 125 cm³/mol. The third kappa shape index (κ3) is 3.89. The van der Waals surface area contributed by atoms with Crippen molar-refractivity contribution in [1.82, 2.24) is 24.6 Å². The van der Waals surface area contributed by atoms with E-state index in [1.54, 1.807) is 10.7 Å². The average Bonchev–Trinajstić information content (AvgIpc) is 3.50. The molecule has 8 heteroatoms. The van der Waals surface area contributed by atoms with Crippen LogP contribution in [0.4, 0.5) is 11.9 Å². The van der Waals surface area contributed by atoms with Crippen LogP contribution in [0.15, 0.2) is 54.9 Å². The van der Waals surface area contributed by atoms with Gasteiger partial charge in [0.2, 0.25) is 11.9 Å². The highest BCUT2D eigenvalue weighted by Gasteiger charge is 2.27. The number of hydrogen-bond donors (Lipinski definition) is 2. The number of benzene rings is 1. The molecule has 32 heavy (non-hydrogen) atoms. The summed E-state index contributed by atoms with van der Waals surface area (Å²) < 4.78 is 1.77. The third-order valence-electron chi connectivity index (χ3n) is 6.02. The van der Waals surface area contributed by atoms with Gasteiger partial charge in [-0.2, -0.15) is 19.6 Å². The van der Waals surface area contributed by atoms with Crippen LogP contribution in [0.5, 0.6) is 0 Å². The van der Waals surface area contributed by atoms with Gasteiger partial charge in [-0.3, -0.25) is 4.98 Å². The third-order valence-corrected chi connectivity index (χ3v) is 6.02. The number of hydrogen-bond acceptors (Lipinski definition) is 7. The van der Waals surface area contributed by atoms with Gasteiger partial charge in [-0.1, -0.05) is 37.3 Å². The summed E-state index contributed by atoms with van der Waals surface area (Å²) >= 11 is 0. The lowest BCUT2D eigenvalue weighted by atomic mass is 10.1. The summed E-state index contributed by atoms with van der Waals surface area (Å²) in [6.45, 7) is 3.67. The van der Waals surface area contributed by atoms with Gasteiger partial charge in [0.1, 0.15) is 0 Å². The molecule has 0 saturated carbocycles. The van der Waals surface area contributed by atoms with E-state index >= 15 is 0 Å². The number of rotatable bonds is 7. The minimum Gasteiger partial charge on any atom is -0.394 e. The molecule has 2 N–H and O–H groups in total. The van der Waals surface area contributed by atoms with E-state index in [2.05, 4.69) is 51.5 Å². The van der Waals surface area contributed by atoms with Crippen molar-refractivity contribution in [3.63, 3.8) is 0 Å². The first-order valence-corrected chi connectivity index (χ1v) is 11.1. The maximum absolute atomic E-state index is 9.76. The largest absolute Gasteiger partial charge is 0.394 e. The van der Waals surface area contributed by atoms with Crippen molar-refractivity contribution in [3.8, 4) is 11.3 Å². The zero-order chi connectivity index (χ0) is 21.9. The van der Waals surface area contributed by atoms with Crippen molar-refractivity contribution < 1.29 is 5.11 Å². The highest BCUT2D eigenvalue weighted by atomic mass is 16.3. The molecule has 1 unspecified atom stereocenters. The molecule has 164 valence electrons. The van der Waals surface area contributed by atoms with Gasteiger partial charge < -0.3 is 15.3 Å². The molecular weight excluding hydrogens is 402 g/mol. The minimum absolute atomic E-state index is 0.0671. The number of aliphatic hydroxyl groups is 1. The Labute approximate surface area is 187 Å². The van der Waals surface area contributed by atoms with E-state index in [1.807, 2.05) is 24.4 Å². The molecule has 0 aliphatic carbocycles. The van der Waals surface area contributed by atoms with E-state index in [-0.39, 0.29) is 12.6 Å². The van der Waals surface area contributed by atoms with E-state index in [0.29, 0.717) is 18.4 Å². The van der Waals surface area contributed by atoms with Crippen LogP contribution in [-0.4, -0.2) is 48.9 Å². The Kier molecular flexibility index (Phi) is 5.68. The van der Waals surface area contributed by atoms with E-state index < -0.39 is 0 Å². The average molecular weight is 430 g/mol. The quantitative estimate of drug-likeness (QED) is 0.466. The summed E-state index contributed by atoms with van der Waals surface area (Å²) in [4.78, 5) is 16.1. The Balaban J connectivity index is 1.41. The molecule has 1 saturated heterocycles. The zero-order valence-electron chi connectivity index (χ0n) is 18.1. The minimum atomic E-state index is 0.0671. The monoisotopic (exact) mass is 429 g/mol. The first kappa shape index (κ1) is 20.4. The number of pyridine rings is 1. The summed E-state index contributed by atoms with van der Waals surface area (Å²) in [5, 5.41) is 17.7. The van der Waals surface area contributed by atoms with Gasteiger partial charge >= 0.3 is 0 Å². The van der Waals surface area contributed by atoms with Gasteiger partial charge in [-0.15, -0.1) is 0 Å². The number of nitrogens with one attached hydrogen (secondary N) is 1. The number of aliphatic hydroxyl groups excluding tert-OH is 1. The SMILES string of the molecule is CCc1cnn2c(NCc3ccc(-c4ccccn4)cc3)nc(N3CCCC3CO)nc12. The fourth-order valence-corrected chi connectivity index (χ4v) is 4.20. The highest BCUT2D eigenvalue weighted by Crippen LogP contribution is 2.25. The summed E-state index contributed by atoms with van der Waals surface area (Å²) in [5.74, 6) is 1.30. The Morgan fingerprint density at radius 3 is 2.75 bits per heavy atom. The van der Waals surface area contributed by atoms with Crippen molar-refractivity contribution in [2.45, 2.75) is 38.8 Å². The number of aryl methyl sites for hydroxylation is 1. The van der Waals surface area contributed by atoms with Gasteiger partial charge in [-0.25, -0.2) is 0 Å². The molecule has 1 aromatic carbocycles. The van der Waals surface area contributed by atoms with E-state index in [9.17, 15) is 5.11 Å². The van der Waals surface area contributed by atoms with Crippen LogP contribution in [0.1, 0.15) is 30.9 Å². The van der Waals surface area contributed by atoms with Gasteiger partial charge in [0.15, 0.2) is 5.65 Å². The lowest BCUT2D eigenvalue weighted by molar-refractivity contribution is 0.265. The van der Waals surface area contributed by atoms with Gasteiger partial charge in [0.25, 0.3) is 0 Å². The van der Waals surface area contributed by atoms with E-state index in [4.69, 9.17) is 9.97 Å². The molecule has 0 radical (unpaired) electrons. The fraction of sp³-hybridized carbons (Fsp3) is 0.333. The molecule has 1 aliphatic heterocycles. The van der Waals surface area contributed by atoms with Gasteiger partial charge in [-0.05, 0) is 37.0 Å². The molecule has 8 nitrogen and oxygen atoms in total. The number of fused-ring (bicyclic) bond motifs is 1. The first-order valence-electron chi connectivity index (χ1n) is 11.1. The van der Waals surface area contributed by atoms with Crippen molar-refractivity contribution in [1.29, 1.82) is 0 Å². The van der Waals surface area contributed by atoms with E-state index in [1.165, 1.54) is 0 Å². The molecule has 4 heterocycles. The van der Waals surface area contributed by atoms with Crippen LogP contribution in [0.25, 0.3) is 16.9 Å². The molecule has 1 fully saturated rings.